The number of aromatic nitrogens is 2. The molecule has 2 aromatic heterocycles. The van der Waals surface area contributed by atoms with Gasteiger partial charge in [-0.05, 0) is 36.4 Å². The Labute approximate surface area is 166 Å². The van der Waals surface area contributed by atoms with Crippen molar-refractivity contribution in [3.8, 4) is 5.75 Å². The van der Waals surface area contributed by atoms with E-state index in [-0.39, 0.29) is 11.6 Å². The van der Waals surface area contributed by atoms with Gasteiger partial charge in [0.2, 0.25) is 0 Å². The van der Waals surface area contributed by atoms with Crippen molar-refractivity contribution in [3.63, 3.8) is 0 Å². The quantitative estimate of drug-likeness (QED) is 0.624. The first-order valence-electron chi connectivity index (χ1n) is 8.84. The van der Waals surface area contributed by atoms with Gasteiger partial charge in [0.1, 0.15) is 18.2 Å². The third-order valence-corrected chi connectivity index (χ3v) is 4.20. The minimum Gasteiger partial charge on any atom is -0.488 e. The molecule has 3 N–H and O–H groups in total. The third-order valence-electron chi connectivity index (χ3n) is 4.20. The van der Waals surface area contributed by atoms with Crippen LogP contribution in [0, 0.1) is 0 Å². The predicted molar refractivity (Wildman–Crippen MR) is 107 cm³/mol. The van der Waals surface area contributed by atoms with Crippen LogP contribution in [0.15, 0.2) is 60.8 Å². The number of pyridine rings is 2. The summed E-state index contributed by atoms with van der Waals surface area (Å²) in [5, 5.41) is 14.8. The molecule has 4 rings (SSSR count). The fourth-order valence-corrected chi connectivity index (χ4v) is 2.80. The van der Waals surface area contributed by atoms with Gasteiger partial charge in [-0.25, -0.2) is 19.6 Å². The van der Waals surface area contributed by atoms with Crippen LogP contribution in [0.25, 0.3) is 0 Å². The van der Waals surface area contributed by atoms with E-state index in [9.17, 15) is 9.59 Å². The summed E-state index contributed by atoms with van der Waals surface area (Å²) in [6, 6.07) is 15.2. The number of fused-ring (bicyclic) bond motifs is 1. The molecule has 0 aliphatic carbocycles. The van der Waals surface area contributed by atoms with Crippen LogP contribution in [0.2, 0.25) is 0 Å². The molecule has 0 unspecified atom stereocenters. The first-order valence-corrected chi connectivity index (χ1v) is 8.84. The Bertz CT molecular complexity index is 1040. The highest BCUT2D eigenvalue weighted by Crippen LogP contribution is 2.32. The summed E-state index contributed by atoms with van der Waals surface area (Å²) in [4.78, 5) is 33.7. The molecule has 0 saturated carbocycles. The van der Waals surface area contributed by atoms with E-state index in [0.29, 0.717) is 42.0 Å². The number of carboxylic acid groups (broad SMARTS) is 1. The van der Waals surface area contributed by atoms with E-state index < -0.39 is 5.97 Å². The van der Waals surface area contributed by atoms with Gasteiger partial charge in [0.25, 0.3) is 0 Å². The minimum absolute atomic E-state index is 0.0890. The summed E-state index contributed by atoms with van der Waals surface area (Å²) in [6.07, 6.45) is 1.26. The van der Waals surface area contributed by atoms with Gasteiger partial charge < -0.3 is 20.5 Å². The van der Waals surface area contributed by atoms with Crippen molar-refractivity contribution in [2.24, 2.45) is 0 Å². The number of anilines is 4. The minimum atomic E-state index is -1.05. The van der Waals surface area contributed by atoms with Gasteiger partial charge in [-0.1, -0.05) is 18.2 Å². The van der Waals surface area contributed by atoms with E-state index in [1.807, 2.05) is 18.2 Å². The van der Waals surface area contributed by atoms with Crippen molar-refractivity contribution in [2.75, 3.05) is 28.7 Å². The SMILES string of the molecule is O=C(O)c1ccc(Nc2ccc3c(n2)N(C(=O)Nc2ccccc2)CCO3)nc1. The maximum Gasteiger partial charge on any atom is 0.337 e. The summed E-state index contributed by atoms with van der Waals surface area (Å²) < 4.78 is 5.61. The molecule has 3 aromatic rings. The highest BCUT2D eigenvalue weighted by Gasteiger charge is 2.26. The Hall–Kier alpha value is -4.14. The van der Waals surface area contributed by atoms with Gasteiger partial charge in [0.15, 0.2) is 11.6 Å². The summed E-state index contributed by atoms with van der Waals surface area (Å²) >= 11 is 0. The molecule has 0 spiro atoms. The topological polar surface area (TPSA) is 117 Å². The molecular weight excluding hydrogens is 374 g/mol. The second kappa shape index (κ2) is 7.85. The molecule has 146 valence electrons. The van der Waals surface area contributed by atoms with Gasteiger partial charge in [0.05, 0.1) is 12.1 Å². The van der Waals surface area contributed by atoms with Crippen LogP contribution in [-0.4, -0.2) is 40.2 Å². The summed E-state index contributed by atoms with van der Waals surface area (Å²) in [5.41, 5.74) is 0.772. The van der Waals surface area contributed by atoms with Crippen molar-refractivity contribution >= 4 is 35.1 Å². The molecule has 1 aromatic carbocycles. The average Bonchev–Trinajstić information content (AvgIpc) is 2.74. The van der Waals surface area contributed by atoms with Crippen LogP contribution >= 0.6 is 0 Å². The highest BCUT2D eigenvalue weighted by molar-refractivity contribution is 6.02. The molecule has 0 fully saturated rings. The lowest BCUT2D eigenvalue weighted by atomic mass is 10.3. The smallest absolute Gasteiger partial charge is 0.337 e. The van der Waals surface area contributed by atoms with Crippen LogP contribution < -0.4 is 20.3 Å². The maximum absolute atomic E-state index is 12.7. The van der Waals surface area contributed by atoms with Crippen LogP contribution in [0.5, 0.6) is 5.75 Å². The van der Waals surface area contributed by atoms with Crippen LogP contribution in [0.1, 0.15) is 10.4 Å². The number of para-hydroxylation sites is 1. The maximum atomic E-state index is 12.7. The molecule has 0 bridgehead atoms. The van der Waals surface area contributed by atoms with Crippen LogP contribution in [-0.2, 0) is 0 Å². The molecule has 0 atom stereocenters. The lowest BCUT2D eigenvalue weighted by molar-refractivity contribution is 0.0696. The second-order valence-electron chi connectivity index (χ2n) is 6.18. The molecule has 29 heavy (non-hydrogen) atoms. The number of aromatic carboxylic acids is 1. The van der Waals surface area contributed by atoms with Crippen molar-refractivity contribution in [3.05, 3.63) is 66.4 Å². The van der Waals surface area contributed by atoms with Gasteiger partial charge in [-0.3, -0.25) is 4.90 Å². The number of hydrogen-bond donors (Lipinski definition) is 3. The lowest BCUT2D eigenvalue weighted by Crippen LogP contribution is -2.41. The number of carboxylic acids is 1. The fourth-order valence-electron chi connectivity index (χ4n) is 2.80. The number of nitrogens with zero attached hydrogens (tertiary/aromatic N) is 3. The standard InChI is InChI=1S/C20H17N5O4/c26-19(27)13-6-8-16(21-12-13)23-17-9-7-15-18(24-17)25(10-11-29-15)20(28)22-14-4-2-1-3-5-14/h1-9,12H,10-11H2,(H,22,28)(H,26,27)(H,21,23,24). The number of carbonyl (C=O) groups excluding carboxylic acids is 1. The third kappa shape index (κ3) is 4.08. The van der Waals surface area contributed by atoms with Crippen molar-refractivity contribution in [2.45, 2.75) is 0 Å². The van der Waals surface area contributed by atoms with Crippen molar-refractivity contribution in [1.29, 1.82) is 0 Å². The normalized spacial score (nSPS) is 12.5. The number of urea groups is 1. The predicted octanol–water partition coefficient (Wildman–Crippen LogP) is 3.35. The first kappa shape index (κ1) is 18.2. The number of nitrogens with one attached hydrogen (secondary N) is 2. The number of hydrogen-bond acceptors (Lipinski definition) is 6. The van der Waals surface area contributed by atoms with E-state index in [2.05, 4.69) is 20.6 Å². The van der Waals surface area contributed by atoms with Crippen LogP contribution in [0.4, 0.5) is 27.9 Å². The Morgan fingerprint density at radius 3 is 2.55 bits per heavy atom. The lowest BCUT2D eigenvalue weighted by Gasteiger charge is -2.28. The fraction of sp³-hybridized carbons (Fsp3) is 0.100. The van der Waals surface area contributed by atoms with Crippen LogP contribution in [0.3, 0.4) is 0 Å². The molecule has 9 heteroatoms. The van der Waals surface area contributed by atoms with Crippen molar-refractivity contribution < 1.29 is 19.4 Å². The average molecular weight is 391 g/mol. The van der Waals surface area contributed by atoms with Gasteiger partial charge in [-0.15, -0.1) is 0 Å². The number of benzene rings is 1. The molecule has 0 saturated heterocycles. The van der Waals surface area contributed by atoms with E-state index in [0.717, 1.165) is 0 Å². The van der Waals surface area contributed by atoms with E-state index in [1.54, 1.807) is 30.3 Å². The molecular formula is C20H17N5O4. The Morgan fingerprint density at radius 1 is 1.03 bits per heavy atom. The molecule has 9 nitrogen and oxygen atoms in total. The zero-order valence-electron chi connectivity index (χ0n) is 15.2. The molecule has 1 aliphatic rings. The summed E-state index contributed by atoms with van der Waals surface area (Å²) in [5.74, 6) is 0.714. The van der Waals surface area contributed by atoms with Gasteiger partial charge in [0, 0.05) is 11.9 Å². The number of amides is 2. The van der Waals surface area contributed by atoms with Crippen molar-refractivity contribution in [1.82, 2.24) is 9.97 Å². The number of ether oxygens (including phenoxy) is 1. The Morgan fingerprint density at radius 2 is 1.83 bits per heavy atom. The first-order chi connectivity index (χ1) is 14.1. The van der Waals surface area contributed by atoms with Gasteiger partial charge in [-0.2, -0.15) is 0 Å². The second-order valence-corrected chi connectivity index (χ2v) is 6.18. The summed E-state index contributed by atoms with van der Waals surface area (Å²) in [7, 11) is 0. The largest absolute Gasteiger partial charge is 0.488 e. The highest BCUT2D eigenvalue weighted by atomic mass is 16.5. The Balaban J connectivity index is 1.55. The monoisotopic (exact) mass is 391 g/mol. The van der Waals surface area contributed by atoms with E-state index >= 15 is 0 Å². The molecule has 0 radical (unpaired) electrons. The zero-order chi connectivity index (χ0) is 20.2. The number of rotatable bonds is 4. The Kier molecular flexibility index (Phi) is 4.93. The van der Waals surface area contributed by atoms with E-state index in [4.69, 9.17) is 9.84 Å². The number of carbonyl (C=O) groups is 2. The molecule has 3 heterocycles. The summed E-state index contributed by atoms with van der Waals surface area (Å²) in [6.45, 7) is 0.718. The zero-order valence-corrected chi connectivity index (χ0v) is 15.2. The molecule has 1 aliphatic heterocycles. The van der Waals surface area contributed by atoms with Gasteiger partial charge >= 0.3 is 12.0 Å². The van der Waals surface area contributed by atoms with E-state index in [1.165, 1.54) is 17.2 Å². The molecule has 2 amide bonds.